The van der Waals surface area contributed by atoms with Gasteiger partial charge in [0, 0.05) is 23.1 Å². The van der Waals surface area contributed by atoms with E-state index in [9.17, 15) is 4.79 Å². The van der Waals surface area contributed by atoms with Crippen molar-refractivity contribution >= 4 is 29.1 Å². The molecule has 2 heterocycles. The van der Waals surface area contributed by atoms with Crippen LogP contribution in [0.1, 0.15) is 12.6 Å². The van der Waals surface area contributed by atoms with Crippen molar-refractivity contribution in [1.29, 1.82) is 0 Å². The molecule has 2 aromatic rings. The molecule has 0 fully saturated rings. The van der Waals surface area contributed by atoms with Gasteiger partial charge in [0.25, 0.3) is 0 Å². The van der Waals surface area contributed by atoms with Crippen molar-refractivity contribution in [3.05, 3.63) is 35.5 Å². The summed E-state index contributed by atoms with van der Waals surface area (Å²) in [6, 6.07) is 5.75. The standard InChI is InChI=1S/C13H14N2O2S2/c1-9(13(16)17)6-18-7-10-8-19-12(15-10)11-4-2-3-5-14-11/h2-5,8-9H,6-7H2,1H3,(H,16,17). The minimum atomic E-state index is -0.750. The third kappa shape index (κ3) is 4.04. The zero-order valence-electron chi connectivity index (χ0n) is 10.4. The molecule has 0 saturated carbocycles. The molecule has 4 nitrogen and oxygen atoms in total. The Morgan fingerprint density at radius 3 is 3.05 bits per heavy atom. The molecule has 0 bridgehead atoms. The largest absolute Gasteiger partial charge is 0.481 e. The second kappa shape index (κ2) is 6.68. The van der Waals surface area contributed by atoms with Gasteiger partial charge in [-0.05, 0) is 12.1 Å². The second-order valence-electron chi connectivity index (χ2n) is 4.11. The number of pyridine rings is 1. The minimum Gasteiger partial charge on any atom is -0.481 e. The first kappa shape index (κ1) is 14.0. The van der Waals surface area contributed by atoms with Gasteiger partial charge in [-0.3, -0.25) is 9.78 Å². The minimum absolute atomic E-state index is 0.320. The summed E-state index contributed by atoms with van der Waals surface area (Å²) < 4.78 is 0. The lowest BCUT2D eigenvalue weighted by Crippen LogP contribution is -2.11. The van der Waals surface area contributed by atoms with Crippen LogP contribution in [0.5, 0.6) is 0 Å². The molecular formula is C13H14N2O2S2. The van der Waals surface area contributed by atoms with Crippen LogP contribution >= 0.6 is 23.1 Å². The van der Waals surface area contributed by atoms with Crippen LogP contribution in [-0.4, -0.2) is 26.8 Å². The lowest BCUT2D eigenvalue weighted by Gasteiger charge is -2.03. The number of carbonyl (C=O) groups is 1. The van der Waals surface area contributed by atoms with Crippen molar-refractivity contribution in [2.75, 3.05) is 5.75 Å². The molecule has 0 spiro atoms. The van der Waals surface area contributed by atoms with Crippen LogP contribution in [-0.2, 0) is 10.5 Å². The van der Waals surface area contributed by atoms with Crippen LogP contribution in [0, 0.1) is 5.92 Å². The van der Waals surface area contributed by atoms with E-state index in [4.69, 9.17) is 5.11 Å². The van der Waals surface area contributed by atoms with E-state index < -0.39 is 5.97 Å². The Morgan fingerprint density at radius 1 is 1.53 bits per heavy atom. The van der Waals surface area contributed by atoms with E-state index in [1.54, 1.807) is 36.2 Å². The molecule has 0 amide bonds. The first-order chi connectivity index (χ1) is 9.16. The monoisotopic (exact) mass is 294 g/mol. The van der Waals surface area contributed by atoms with Gasteiger partial charge >= 0.3 is 5.97 Å². The van der Waals surface area contributed by atoms with Gasteiger partial charge in [-0.25, -0.2) is 4.98 Å². The van der Waals surface area contributed by atoms with E-state index in [0.29, 0.717) is 5.75 Å². The molecule has 0 aliphatic carbocycles. The Balaban J connectivity index is 1.90. The summed E-state index contributed by atoms with van der Waals surface area (Å²) in [7, 11) is 0. The lowest BCUT2D eigenvalue weighted by molar-refractivity contribution is -0.140. The molecule has 1 unspecified atom stereocenters. The molecule has 0 aliphatic heterocycles. The zero-order valence-corrected chi connectivity index (χ0v) is 12.1. The summed E-state index contributed by atoms with van der Waals surface area (Å²) in [6.07, 6.45) is 1.75. The highest BCUT2D eigenvalue weighted by Crippen LogP contribution is 2.24. The summed E-state index contributed by atoms with van der Waals surface area (Å²) in [5, 5.41) is 11.7. The highest BCUT2D eigenvalue weighted by Gasteiger charge is 2.11. The highest BCUT2D eigenvalue weighted by atomic mass is 32.2. The smallest absolute Gasteiger partial charge is 0.307 e. The molecule has 2 aromatic heterocycles. The van der Waals surface area contributed by atoms with Crippen molar-refractivity contribution in [2.45, 2.75) is 12.7 Å². The van der Waals surface area contributed by atoms with E-state index in [-0.39, 0.29) is 5.92 Å². The molecule has 6 heteroatoms. The summed E-state index contributed by atoms with van der Waals surface area (Å²) in [4.78, 5) is 19.5. The number of nitrogens with zero attached hydrogens (tertiary/aromatic N) is 2. The van der Waals surface area contributed by atoms with Crippen LogP contribution in [0.25, 0.3) is 10.7 Å². The van der Waals surface area contributed by atoms with E-state index >= 15 is 0 Å². The molecule has 0 aromatic carbocycles. The highest BCUT2D eigenvalue weighted by molar-refractivity contribution is 7.98. The van der Waals surface area contributed by atoms with E-state index in [1.165, 1.54) is 0 Å². The summed E-state index contributed by atoms with van der Waals surface area (Å²) in [5.41, 5.74) is 1.86. The number of carboxylic acids is 1. The SMILES string of the molecule is CC(CSCc1csc(-c2ccccn2)n1)C(=O)O. The summed E-state index contributed by atoms with van der Waals surface area (Å²) >= 11 is 3.16. The van der Waals surface area contributed by atoms with Crippen molar-refractivity contribution in [3.63, 3.8) is 0 Å². The predicted molar refractivity (Wildman–Crippen MR) is 78.3 cm³/mol. The Kier molecular flexibility index (Phi) is 4.93. The third-order valence-electron chi connectivity index (χ3n) is 2.48. The molecule has 0 saturated heterocycles. The van der Waals surface area contributed by atoms with Gasteiger partial charge in [-0.15, -0.1) is 11.3 Å². The van der Waals surface area contributed by atoms with Gasteiger partial charge in [0.15, 0.2) is 0 Å². The van der Waals surface area contributed by atoms with Crippen LogP contribution in [0.2, 0.25) is 0 Å². The molecule has 1 atom stereocenters. The summed E-state index contributed by atoms with van der Waals surface area (Å²) in [6.45, 7) is 1.72. The fourth-order valence-corrected chi connectivity index (χ4v) is 3.26. The second-order valence-corrected chi connectivity index (χ2v) is 6.00. The maximum Gasteiger partial charge on any atom is 0.307 e. The fourth-order valence-electron chi connectivity index (χ4n) is 1.39. The number of thioether (sulfide) groups is 1. The van der Waals surface area contributed by atoms with Crippen molar-refractivity contribution < 1.29 is 9.90 Å². The Labute approximate surface area is 119 Å². The topological polar surface area (TPSA) is 63.1 Å². The van der Waals surface area contributed by atoms with Gasteiger partial charge in [-0.2, -0.15) is 11.8 Å². The van der Waals surface area contributed by atoms with E-state index in [1.807, 2.05) is 23.6 Å². The van der Waals surface area contributed by atoms with Crippen LogP contribution < -0.4 is 0 Å². The van der Waals surface area contributed by atoms with Gasteiger partial charge in [0.05, 0.1) is 17.3 Å². The van der Waals surface area contributed by atoms with Crippen molar-refractivity contribution in [1.82, 2.24) is 9.97 Å². The van der Waals surface area contributed by atoms with Crippen molar-refractivity contribution in [3.8, 4) is 10.7 Å². The number of aromatic nitrogens is 2. The predicted octanol–water partition coefficient (Wildman–Crippen LogP) is 3.16. The third-order valence-corrected chi connectivity index (χ3v) is 4.62. The molecule has 2 rings (SSSR count). The molecule has 1 N–H and O–H groups in total. The maximum atomic E-state index is 10.7. The maximum absolute atomic E-state index is 10.7. The number of rotatable bonds is 6. The van der Waals surface area contributed by atoms with Gasteiger partial charge in [-0.1, -0.05) is 13.0 Å². The van der Waals surface area contributed by atoms with E-state index in [0.717, 1.165) is 22.1 Å². The molecular weight excluding hydrogens is 280 g/mol. The van der Waals surface area contributed by atoms with E-state index in [2.05, 4.69) is 9.97 Å². The summed E-state index contributed by atoms with van der Waals surface area (Å²) in [5.74, 6) is 0.270. The average molecular weight is 294 g/mol. The quantitative estimate of drug-likeness (QED) is 0.886. The van der Waals surface area contributed by atoms with Crippen LogP contribution in [0.4, 0.5) is 0 Å². The Hall–Kier alpha value is -1.40. The molecule has 100 valence electrons. The number of hydrogen-bond donors (Lipinski definition) is 1. The molecule has 0 aliphatic rings. The van der Waals surface area contributed by atoms with Gasteiger partial charge in [0.1, 0.15) is 5.01 Å². The lowest BCUT2D eigenvalue weighted by atomic mass is 10.2. The van der Waals surface area contributed by atoms with Gasteiger partial charge < -0.3 is 5.11 Å². The fraction of sp³-hybridized carbons (Fsp3) is 0.308. The number of thiazole rings is 1. The van der Waals surface area contributed by atoms with Crippen LogP contribution in [0.3, 0.4) is 0 Å². The first-order valence-electron chi connectivity index (χ1n) is 5.83. The number of aliphatic carboxylic acids is 1. The first-order valence-corrected chi connectivity index (χ1v) is 7.86. The van der Waals surface area contributed by atoms with Gasteiger partial charge in [0.2, 0.25) is 0 Å². The number of hydrogen-bond acceptors (Lipinski definition) is 5. The average Bonchev–Trinajstić information content (AvgIpc) is 2.88. The Bertz CT molecular complexity index is 543. The zero-order chi connectivity index (χ0) is 13.7. The van der Waals surface area contributed by atoms with Crippen molar-refractivity contribution in [2.24, 2.45) is 5.92 Å². The Morgan fingerprint density at radius 2 is 2.37 bits per heavy atom. The normalized spacial score (nSPS) is 12.3. The number of carboxylic acid groups (broad SMARTS) is 1. The molecule has 0 radical (unpaired) electrons. The molecule has 19 heavy (non-hydrogen) atoms. The van der Waals surface area contributed by atoms with Crippen LogP contribution in [0.15, 0.2) is 29.8 Å².